The molecule has 1 aromatic heterocycles. The molecule has 2 heterocycles. The predicted molar refractivity (Wildman–Crippen MR) is 96.9 cm³/mol. The van der Waals surface area contributed by atoms with Gasteiger partial charge in [0.1, 0.15) is 0 Å². The van der Waals surface area contributed by atoms with Crippen molar-refractivity contribution in [2.45, 2.75) is 50.5 Å². The van der Waals surface area contributed by atoms with E-state index in [1.54, 1.807) is 0 Å². The molecule has 1 aliphatic carbocycles. The van der Waals surface area contributed by atoms with E-state index >= 15 is 0 Å². The lowest BCUT2D eigenvalue weighted by atomic mass is 10.1. The second-order valence-electron chi connectivity index (χ2n) is 7.32. The third-order valence-corrected chi connectivity index (χ3v) is 5.30. The molecular formula is C20H24N4O2. The number of nitrogens with zero attached hydrogens (tertiary/aromatic N) is 4. The van der Waals surface area contributed by atoms with Crippen LogP contribution in [0.2, 0.25) is 0 Å². The molecule has 1 aromatic carbocycles. The van der Waals surface area contributed by atoms with Crippen LogP contribution in [0.3, 0.4) is 0 Å². The molecule has 2 aliphatic rings. The van der Waals surface area contributed by atoms with Crippen molar-refractivity contribution >= 4 is 11.7 Å². The van der Waals surface area contributed by atoms with E-state index in [4.69, 9.17) is 0 Å². The lowest BCUT2D eigenvalue weighted by Crippen LogP contribution is -2.29. The Balaban J connectivity index is 1.23. The summed E-state index contributed by atoms with van der Waals surface area (Å²) in [4.78, 5) is 26.4. The summed E-state index contributed by atoms with van der Waals surface area (Å²) >= 11 is 0. The summed E-state index contributed by atoms with van der Waals surface area (Å²) < 4.78 is 1.93. The number of hydrogen-bond donors (Lipinski definition) is 0. The first-order valence-corrected chi connectivity index (χ1v) is 9.48. The van der Waals surface area contributed by atoms with Gasteiger partial charge in [-0.05, 0) is 25.7 Å². The Morgan fingerprint density at radius 3 is 2.65 bits per heavy atom. The van der Waals surface area contributed by atoms with Crippen molar-refractivity contribution in [3.63, 3.8) is 0 Å². The first kappa shape index (κ1) is 16.9. The van der Waals surface area contributed by atoms with Gasteiger partial charge in [0.2, 0.25) is 5.91 Å². The molecule has 1 saturated carbocycles. The molecule has 0 N–H and O–H groups in total. The molecule has 1 aliphatic heterocycles. The van der Waals surface area contributed by atoms with E-state index in [9.17, 15) is 9.59 Å². The summed E-state index contributed by atoms with van der Waals surface area (Å²) in [5.41, 5.74) is 1.81. The van der Waals surface area contributed by atoms with Gasteiger partial charge in [-0.25, -0.2) is 4.68 Å². The van der Waals surface area contributed by atoms with Crippen LogP contribution in [-0.4, -0.2) is 44.7 Å². The van der Waals surface area contributed by atoms with E-state index in [1.165, 1.54) is 12.8 Å². The molecule has 6 heteroatoms. The van der Waals surface area contributed by atoms with E-state index in [2.05, 4.69) is 16.5 Å². The number of likely N-dealkylation sites (tertiary alicyclic amines) is 1. The fourth-order valence-corrected chi connectivity index (χ4v) is 3.55. The van der Waals surface area contributed by atoms with Crippen molar-refractivity contribution in [2.24, 2.45) is 0 Å². The third-order valence-electron chi connectivity index (χ3n) is 5.30. The van der Waals surface area contributed by atoms with Crippen molar-refractivity contribution < 1.29 is 9.59 Å². The van der Waals surface area contributed by atoms with E-state index in [0.29, 0.717) is 31.7 Å². The smallest absolute Gasteiger partial charge is 0.222 e. The van der Waals surface area contributed by atoms with Crippen molar-refractivity contribution in [3.8, 4) is 0 Å². The molecule has 0 radical (unpaired) electrons. The molecule has 1 unspecified atom stereocenters. The van der Waals surface area contributed by atoms with Gasteiger partial charge in [0, 0.05) is 43.6 Å². The minimum absolute atomic E-state index is 0.105. The molecule has 2 aromatic rings. The highest BCUT2D eigenvalue weighted by Crippen LogP contribution is 2.39. The lowest BCUT2D eigenvalue weighted by Gasteiger charge is -2.16. The Hall–Kier alpha value is -2.50. The summed E-state index contributed by atoms with van der Waals surface area (Å²) in [6, 6.07) is 9.49. The maximum atomic E-state index is 12.4. The van der Waals surface area contributed by atoms with Crippen molar-refractivity contribution in [2.75, 3.05) is 13.1 Å². The predicted octanol–water partition coefficient (Wildman–Crippen LogP) is 2.98. The topological polar surface area (TPSA) is 68.1 Å². The third kappa shape index (κ3) is 3.84. The highest BCUT2D eigenvalue weighted by molar-refractivity contribution is 5.96. The Labute approximate surface area is 153 Å². The van der Waals surface area contributed by atoms with E-state index in [0.717, 1.165) is 24.2 Å². The normalized spacial score (nSPS) is 19.7. The van der Waals surface area contributed by atoms with Gasteiger partial charge in [-0.1, -0.05) is 35.5 Å². The number of ketones is 1. The average Bonchev–Trinajstić information content (AvgIpc) is 3.20. The first-order chi connectivity index (χ1) is 12.7. The van der Waals surface area contributed by atoms with Crippen LogP contribution in [0.15, 0.2) is 36.5 Å². The van der Waals surface area contributed by atoms with Gasteiger partial charge in [-0.15, -0.1) is 5.10 Å². The summed E-state index contributed by atoms with van der Waals surface area (Å²) in [5.74, 6) is 0.842. The van der Waals surface area contributed by atoms with Crippen LogP contribution in [0, 0.1) is 0 Å². The minimum Gasteiger partial charge on any atom is -0.340 e. The van der Waals surface area contributed by atoms with E-state index in [1.807, 2.05) is 39.9 Å². The number of carbonyl (C=O) groups excluding carboxylic acids is 2. The molecule has 26 heavy (non-hydrogen) atoms. The maximum Gasteiger partial charge on any atom is 0.222 e. The van der Waals surface area contributed by atoms with Gasteiger partial charge >= 0.3 is 0 Å². The van der Waals surface area contributed by atoms with Crippen LogP contribution in [0.25, 0.3) is 0 Å². The molecule has 0 bridgehead atoms. The first-order valence-electron chi connectivity index (χ1n) is 9.48. The molecule has 1 amide bonds. The zero-order valence-corrected chi connectivity index (χ0v) is 14.9. The van der Waals surface area contributed by atoms with Crippen LogP contribution in [0.4, 0.5) is 0 Å². The molecule has 2 fully saturated rings. The Kier molecular flexibility index (Phi) is 4.82. The monoisotopic (exact) mass is 352 g/mol. The lowest BCUT2D eigenvalue weighted by molar-refractivity contribution is -0.130. The fraction of sp³-hybridized carbons (Fsp3) is 0.500. The largest absolute Gasteiger partial charge is 0.340 e. The number of aromatic nitrogens is 3. The Morgan fingerprint density at radius 1 is 1.08 bits per heavy atom. The summed E-state index contributed by atoms with van der Waals surface area (Å²) in [6.07, 6.45) is 6.85. The van der Waals surface area contributed by atoms with E-state index in [-0.39, 0.29) is 17.7 Å². The number of Topliss-reactive ketones (excluding diaryl/α,β-unsaturated/α-hetero) is 1. The van der Waals surface area contributed by atoms with Crippen molar-refractivity contribution in [1.29, 1.82) is 0 Å². The van der Waals surface area contributed by atoms with E-state index < -0.39 is 0 Å². The quantitative estimate of drug-likeness (QED) is 0.719. The number of hydrogen-bond acceptors (Lipinski definition) is 4. The highest BCUT2D eigenvalue weighted by Gasteiger charge is 2.31. The SMILES string of the molecule is O=C(CCCC(=O)N1CCC(n2cc(C3CC3)nn2)C1)c1ccccc1. The number of benzene rings is 1. The van der Waals surface area contributed by atoms with Gasteiger partial charge in [-0.3, -0.25) is 9.59 Å². The molecule has 6 nitrogen and oxygen atoms in total. The fourth-order valence-electron chi connectivity index (χ4n) is 3.55. The van der Waals surface area contributed by atoms with Gasteiger partial charge < -0.3 is 4.90 Å². The van der Waals surface area contributed by atoms with Crippen LogP contribution < -0.4 is 0 Å². The molecule has 4 rings (SSSR count). The molecule has 136 valence electrons. The number of amides is 1. The summed E-state index contributed by atoms with van der Waals surface area (Å²) in [6.45, 7) is 1.45. The summed E-state index contributed by atoms with van der Waals surface area (Å²) in [7, 11) is 0. The highest BCUT2D eigenvalue weighted by atomic mass is 16.2. The molecule has 1 saturated heterocycles. The molecule has 1 atom stereocenters. The average molecular weight is 352 g/mol. The van der Waals surface area contributed by atoms with Crippen LogP contribution in [0.1, 0.15) is 66.5 Å². The number of rotatable bonds is 7. The standard InChI is InChI=1S/C20H24N4O2/c25-19(16-5-2-1-3-6-16)7-4-8-20(26)23-12-11-17(13-23)24-14-18(21-22-24)15-9-10-15/h1-3,5-6,14-15,17H,4,7-13H2. The minimum atomic E-state index is 0.105. The van der Waals surface area contributed by atoms with Crippen molar-refractivity contribution in [3.05, 3.63) is 47.8 Å². The van der Waals surface area contributed by atoms with Gasteiger partial charge in [-0.2, -0.15) is 0 Å². The van der Waals surface area contributed by atoms with Crippen molar-refractivity contribution in [1.82, 2.24) is 19.9 Å². The summed E-state index contributed by atoms with van der Waals surface area (Å²) in [5, 5.41) is 8.52. The Morgan fingerprint density at radius 2 is 1.88 bits per heavy atom. The molecular weight excluding hydrogens is 328 g/mol. The Bertz CT molecular complexity index is 782. The second kappa shape index (κ2) is 7.40. The van der Waals surface area contributed by atoms with Crippen LogP contribution in [0.5, 0.6) is 0 Å². The zero-order chi connectivity index (χ0) is 17.9. The molecule has 0 spiro atoms. The maximum absolute atomic E-state index is 12.4. The van der Waals surface area contributed by atoms with Gasteiger partial charge in [0.25, 0.3) is 0 Å². The van der Waals surface area contributed by atoms with Gasteiger partial charge in [0.15, 0.2) is 5.78 Å². The second-order valence-corrected chi connectivity index (χ2v) is 7.32. The number of carbonyl (C=O) groups is 2. The van der Waals surface area contributed by atoms with Crippen LogP contribution in [-0.2, 0) is 4.79 Å². The zero-order valence-electron chi connectivity index (χ0n) is 14.9. The van der Waals surface area contributed by atoms with Crippen LogP contribution >= 0.6 is 0 Å². The van der Waals surface area contributed by atoms with Gasteiger partial charge in [0.05, 0.1) is 11.7 Å².